The fourth-order valence-corrected chi connectivity index (χ4v) is 3.95. The van der Waals surface area contributed by atoms with Crippen molar-refractivity contribution in [3.63, 3.8) is 0 Å². The van der Waals surface area contributed by atoms with Crippen LogP contribution in [0.3, 0.4) is 0 Å². The van der Waals surface area contributed by atoms with Crippen molar-refractivity contribution in [3.8, 4) is 11.1 Å². The lowest BCUT2D eigenvalue weighted by Gasteiger charge is -2.26. The van der Waals surface area contributed by atoms with Crippen molar-refractivity contribution >= 4 is 38.6 Å². The van der Waals surface area contributed by atoms with E-state index in [-0.39, 0.29) is 0 Å². The summed E-state index contributed by atoms with van der Waals surface area (Å²) in [5.74, 6) is 0. The van der Waals surface area contributed by atoms with Crippen LogP contribution in [0.25, 0.3) is 16.7 Å². The van der Waals surface area contributed by atoms with Crippen LogP contribution in [-0.4, -0.2) is 0 Å². The summed E-state index contributed by atoms with van der Waals surface area (Å²) < 4.78 is 1.06. The number of benzene rings is 4. The van der Waals surface area contributed by atoms with Gasteiger partial charge in [0.2, 0.25) is 0 Å². The van der Waals surface area contributed by atoms with Gasteiger partial charge in [0.1, 0.15) is 0 Å². The van der Waals surface area contributed by atoms with E-state index in [0.29, 0.717) is 0 Å². The minimum Gasteiger partial charge on any atom is -0.311 e. The smallest absolute Gasteiger partial charge is 0.0462 e. The molecule has 156 valence electrons. The summed E-state index contributed by atoms with van der Waals surface area (Å²) in [6.07, 6.45) is 5.61. The zero-order valence-electron chi connectivity index (χ0n) is 17.8. The molecule has 0 aromatic heterocycles. The first-order valence-corrected chi connectivity index (χ1v) is 11.3. The monoisotopic (exact) mass is 477 g/mol. The SMILES string of the molecule is C=C/C=C(\C=C)c1ccc(N(c2ccc(Br)cc2)c2ccc(-c3ccccc3)cc2)cc1. The highest BCUT2D eigenvalue weighted by Crippen LogP contribution is 2.36. The second kappa shape index (κ2) is 10.1. The van der Waals surface area contributed by atoms with Gasteiger partial charge in [-0.15, -0.1) is 0 Å². The van der Waals surface area contributed by atoms with Gasteiger partial charge in [-0.25, -0.2) is 0 Å². The second-order valence-corrected chi connectivity index (χ2v) is 8.25. The van der Waals surface area contributed by atoms with Crippen LogP contribution in [0.4, 0.5) is 17.1 Å². The van der Waals surface area contributed by atoms with Crippen molar-refractivity contribution in [2.75, 3.05) is 4.90 Å². The highest BCUT2D eigenvalue weighted by Gasteiger charge is 2.13. The molecular weight excluding hydrogens is 454 g/mol. The molecule has 0 N–H and O–H groups in total. The van der Waals surface area contributed by atoms with Crippen LogP contribution >= 0.6 is 15.9 Å². The summed E-state index contributed by atoms with van der Waals surface area (Å²) >= 11 is 3.55. The summed E-state index contributed by atoms with van der Waals surface area (Å²) in [5.41, 5.74) is 7.86. The maximum atomic E-state index is 3.92. The van der Waals surface area contributed by atoms with Gasteiger partial charge in [0.05, 0.1) is 0 Å². The molecule has 0 unspecified atom stereocenters. The van der Waals surface area contributed by atoms with Crippen molar-refractivity contribution < 1.29 is 0 Å². The molecule has 0 fully saturated rings. The molecule has 4 rings (SSSR count). The van der Waals surface area contributed by atoms with Gasteiger partial charge in [0, 0.05) is 21.5 Å². The summed E-state index contributed by atoms with van der Waals surface area (Å²) in [6.45, 7) is 7.72. The Morgan fingerprint density at radius 2 is 1.12 bits per heavy atom. The Bertz CT molecular complexity index is 1220. The van der Waals surface area contributed by atoms with Gasteiger partial charge in [-0.2, -0.15) is 0 Å². The lowest BCUT2D eigenvalue weighted by atomic mass is 10.0. The first kappa shape index (κ1) is 21.6. The Hall–Kier alpha value is -3.62. The molecule has 1 nitrogen and oxygen atoms in total. The van der Waals surface area contributed by atoms with Gasteiger partial charge in [-0.1, -0.05) is 102 Å². The van der Waals surface area contributed by atoms with Gasteiger partial charge >= 0.3 is 0 Å². The molecule has 0 aliphatic rings. The van der Waals surface area contributed by atoms with Crippen LogP contribution in [0.1, 0.15) is 5.56 Å². The van der Waals surface area contributed by atoms with Gasteiger partial charge in [0.15, 0.2) is 0 Å². The molecule has 0 radical (unpaired) electrons. The molecule has 0 bridgehead atoms. The maximum Gasteiger partial charge on any atom is 0.0462 e. The average Bonchev–Trinajstić information content (AvgIpc) is 2.85. The molecule has 32 heavy (non-hydrogen) atoms. The molecule has 0 amide bonds. The van der Waals surface area contributed by atoms with E-state index in [0.717, 1.165) is 32.7 Å². The zero-order valence-corrected chi connectivity index (χ0v) is 19.4. The van der Waals surface area contributed by atoms with E-state index in [4.69, 9.17) is 0 Å². The summed E-state index contributed by atoms with van der Waals surface area (Å²) in [4.78, 5) is 2.26. The van der Waals surface area contributed by atoms with Crippen molar-refractivity contribution in [1.82, 2.24) is 0 Å². The van der Waals surface area contributed by atoms with Gasteiger partial charge < -0.3 is 4.90 Å². The van der Waals surface area contributed by atoms with Crippen molar-refractivity contribution in [2.45, 2.75) is 0 Å². The van der Waals surface area contributed by atoms with E-state index in [1.807, 2.05) is 18.2 Å². The molecule has 0 atom stereocenters. The van der Waals surface area contributed by atoms with Gasteiger partial charge in [-0.05, 0) is 70.8 Å². The first-order chi connectivity index (χ1) is 15.7. The van der Waals surface area contributed by atoms with E-state index in [9.17, 15) is 0 Å². The van der Waals surface area contributed by atoms with Crippen LogP contribution in [0.15, 0.2) is 139 Å². The van der Waals surface area contributed by atoms with Crippen LogP contribution in [-0.2, 0) is 0 Å². The molecule has 0 saturated carbocycles. The molecule has 2 heteroatoms. The standard InChI is InChI=1S/C30H24BrN/c1-3-8-23(4-2)25-11-17-28(18-12-25)32(30-21-15-27(31)16-22-30)29-19-13-26(14-20-29)24-9-6-5-7-10-24/h3-22H,1-2H2/b23-8+. The number of anilines is 3. The first-order valence-electron chi connectivity index (χ1n) is 10.5. The average molecular weight is 478 g/mol. The fourth-order valence-electron chi connectivity index (χ4n) is 3.68. The second-order valence-electron chi connectivity index (χ2n) is 7.33. The van der Waals surface area contributed by atoms with Crippen molar-refractivity contribution in [1.29, 1.82) is 0 Å². The minimum atomic E-state index is 1.05. The molecule has 4 aromatic carbocycles. The Morgan fingerprint density at radius 3 is 1.66 bits per heavy atom. The van der Waals surface area contributed by atoms with Gasteiger partial charge in [-0.3, -0.25) is 0 Å². The molecule has 0 spiro atoms. The maximum absolute atomic E-state index is 3.92. The van der Waals surface area contributed by atoms with Crippen LogP contribution in [0.2, 0.25) is 0 Å². The van der Waals surface area contributed by atoms with Crippen LogP contribution in [0.5, 0.6) is 0 Å². The Balaban J connectivity index is 1.74. The van der Waals surface area contributed by atoms with Gasteiger partial charge in [0.25, 0.3) is 0 Å². The lowest BCUT2D eigenvalue weighted by molar-refractivity contribution is 1.28. The third kappa shape index (κ3) is 4.82. The molecule has 0 saturated heterocycles. The molecular formula is C30H24BrN. The Labute approximate surface area is 198 Å². The molecule has 4 aromatic rings. The van der Waals surface area contributed by atoms with Crippen molar-refractivity contribution in [2.24, 2.45) is 0 Å². The predicted octanol–water partition coefficient (Wildman–Crippen LogP) is 9.34. The van der Waals surface area contributed by atoms with E-state index < -0.39 is 0 Å². The number of allylic oxidation sites excluding steroid dienone is 4. The summed E-state index contributed by atoms with van der Waals surface area (Å²) in [6, 6.07) is 36.0. The molecule has 0 heterocycles. The van der Waals surface area contributed by atoms with Crippen LogP contribution in [0, 0.1) is 0 Å². The number of hydrogen-bond donors (Lipinski definition) is 0. The molecule has 0 aliphatic heterocycles. The summed E-state index contributed by atoms with van der Waals surface area (Å²) in [7, 11) is 0. The third-order valence-corrected chi connectivity index (χ3v) is 5.82. The Kier molecular flexibility index (Phi) is 6.84. The van der Waals surface area contributed by atoms with E-state index in [1.54, 1.807) is 6.08 Å². The number of halogens is 1. The Morgan fingerprint density at radius 1 is 0.625 bits per heavy atom. The zero-order chi connectivity index (χ0) is 22.3. The van der Waals surface area contributed by atoms with Crippen molar-refractivity contribution in [3.05, 3.63) is 145 Å². The lowest BCUT2D eigenvalue weighted by Crippen LogP contribution is -2.09. The minimum absolute atomic E-state index is 1.05. The third-order valence-electron chi connectivity index (χ3n) is 5.29. The van der Waals surface area contributed by atoms with E-state index >= 15 is 0 Å². The summed E-state index contributed by atoms with van der Waals surface area (Å²) in [5, 5.41) is 0. The quantitative estimate of drug-likeness (QED) is 0.239. The largest absolute Gasteiger partial charge is 0.311 e. The normalized spacial score (nSPS) is 11.1. The van der Waals surface area contributed by atoms with E-state index in [1.165, 1.54) is 11.1 Å². The number of nitrogens with zero attached hydrogens (tertiary/aromatic N) is 1. The topological polar surface area (TPSA) is 3.24 Å². The molecule has 0 aliphatic carbocycles. The van der Waals surface area contributed by atoms with E-state index in [2.05, 4.69) is 131 Å². The fraction of sp³-hybridized carbons (Fsp3) is 0. The highest BCUT2D eigenvalue weighted by atomic mass is 79.9. The predicted molar refractivity (Wildman–Crippen MR) is 143 cm³/mol. The number of hydrogen-bond acceptors (Lipinski definition) is 1. The number of rotatable bonds is 7. The highest BCUT2D eigenvalue weighted by molar-refractivity contribution is 9.10. The van der Waals surface area contributed by atoms with Crippen LogP contribution < -0.4 is 4.90 Å².